The first-order chi connectivity index (χ1) is 11.5. The van der Waals surface area contributed by atoms with Crippen LogP contribution >= 0.6 is 0 Å². The van der Waals surface area contributed by atoms with Crippen LogP contribution in [0.5, 0.6) is 0 Å². The molecule has 0 unspecified atom stereocenters. The van der Waals surface area contributed by atoms with Crippen LogP contribution in [0.3, 0.4) is 0 Å². The van der Waals surface area contributed by atoms with Gasteiger partial charge in [-0.05, 0) is 25.3 Å². The van der Waals surface area contributed by atoms with Gasteiger partial charge in [-0.25, -0.2) is 8.42 Å². The highest BCUT2D eigenvalue weighted by molar-refractivity contribution is 7.89. The number of sulfonamides is 1. The van der Waals surface area contributed by atoms with Gasteiger partial charge in [0.05, 0.1) is 19.0 Å². The number of ether oxygens (including phenoxy) is 1. The minimum Gasteiger partial charge on any atom is -0.379 e. The van der Waals surface area contributed by atoms with Crippen molar-refractivity contribution in [1.29, 1.82) is 0 Å². The summed E-state index contributed by atoms with van der Waals surface area (Å²) in [6, 6.07) is 8.27. The Balaban J connectivity index is 1.63. The molecule has 1 fully saturated rings. The lowest BCUT2D eigenvalue weighted by molar-refractivity contribution is -0.121. The van der Waals surface area contributed by atoms with Gasteiger partial charge in [-0.15, -0.1) is 0 Å². The van der Waals surface area contributed by atoms with E-state index in [1.165, 1.54) is 15.4 Å². The highest BCUT2D eigenvalue weighted by atomic mass is 32.2. The number of hydrogen-bond acceptors (Lipinski definition) is 4. The molecule has 0 saturated carbocycles. The van der Waals surface area contributed by atoms with Gasteiger partial charge in [0.1, 0.15) is 0 Å². The molecule has 0 radical (unpaired) electrons. The van der Waals surface area contributed by atoms with Crippen molar-refractivity contribution in [3.63, 3.8) is 0 Å². The summed E-state index contributed by atoms with van der Waals surface area (Å²) in [6.07, 6.45) is 2.01. The van der Waals surface area contributed by atoms with Crippen LogP contribution in [0.4, 0.5) is 0 Å². The third-order valence-electron chi connectivity index (χ3n) is 4.04. The van der Waals surface area contributed by atoms with E-state index in [0.717, 1.165) is 12.8 Å². The van der Waals surface area contributed by atoms with Crippen molar-refractivity contribution in [1.82, 2.24) is 9.62 Å². The van der Waals surface area contributed by atoms with Gasteiger partial charge in [0.15, 0.2) is 0 Å². The number of aryl methyl sites for hydroxylation is 2. The number of amides is 1. The van der Waals surface area contributed by atoms with Gasteiger partial charge < -0.3 is 10.1 Å². The fraction of sp³-hybridized carbons (Fsp3) is 0.588. The maximum atomic E-state index is 12.1. The minimum absolute atomic E-state index is 0.0588. The third kappa shape index (κ3) is 6.22. The number of hydrogen-bond donors (Lipinski definition) is 1. The lowest BCUT2D eigenvalue weighted by Gasteiger charge is -2.26. The van der Waals surface area contributed by atoms with E-state index in [0.29, 0.717) is 32.7 Å². The molecule has 7 heteroatoms. The second kappa shape index (κ2) is 9.15. The topological polar surface area (TPSA) is 75.7 Å². The molecule has 0 atom stereocenters. The summed E-state index contributed by atoms with van der Waals surface area (Å²) in [5.41, 5.74) is 2.43. The molecule has 1 aromatic carbocycles. The molecule has 0 spiro atoms. The first kappa shape index (κ1) is 18.9. The zero-order valence-electron chi connectivity index (χ0n) is 14.2. The summed E-state index contributed by atoms with van der Waals surface area (Å²) >= 11 is 0. The van der Waals surface area contributed by atoms with Gasteiger partial charge >= 0.3 is 0 Å². The summed E-state index contributed by atoms with van der Waals surface area (Å²) in [7, 11) is -3.31. The van der Waals surface area contributed by atoms with Crippen molar-refractivity contribution < 1.29 is 17.9 Å². The maximum absolute atomic E-state index is 12.1. The molecule has 1 heterocycles. The molecule has 1 aliphatic rings. The van der Waals surface area contributed by atoms with Crippen LogP contribution in [0.25, 0.3) is 0 Å². The fourth-order valence-electron chi connectivity index (χ4n) is 2.57. The smallest absolute Gasteiger partial charge is 0.220 e. The molecule has 134 valence electrons. The molecule has 0 aromatic heterocycles. The molecule has 0 bridgehead atoms. The lowest BCUT2D eigenvalue weighted by Crippen LogP contribution is -2.43. The van der Waals surface area contributed by atoms with Crippen LogP contribution in [0, 0.1) is 6.92 Å². The van der Waals surface area contributed by atoms with Crippen LogP contribution in [0.2, 0.25) is 0 Å². The lowest BCUT2D eigenvalue weighted by atomic mass is 10.1. The molecular weight excluding hydrogens is 328 g/mol. The monoisotopic (exact) mass is 354 g/mol. The van der Waals surface area contributed by atoms with Gasteiger partial charge in [0.2, 0.25) is 15.9 Å². The van der Waals surface area contributed by atoms with Crippen molar-refractivity contribution in [2.75, 3.05) is 38.6 Å². The number of benzene rings is 1. The van der Waals surface area contributed by atoms with Gasteiger partial charge in [-0.1, -0.05) is 29.8 Å². The Morgan fingerprint density at radius 2 is 1.88 bits per heavy atom. The normalized spacial score (nSPS) is 16.0. The number of carbonyl (C=O) groups excluding carboxylic acids is 1. The summed E-state index contributed by atoms with van der Waals surface area (Å²) in [5.74, 6) is -0.157. The first-order valence-corrected chi connectivity index (χ1v) is 9.96. The molecular formula is C17H26N2O4S. The van der Waals surface area contributed by atoms with Gasteiger partial charge in [-0.3, -0.25) is 4.79 Å². The maximum Gasteiger partial charge on any atom is 0.220 e. The highest BCUT2D eigenvalue weighted by Gasteiger charge is 2.23. The fourth-order valence-corrected chi connectivity index (χ4v) is 3.89. The van der Waals surface area contributed by atoms with Crippen molar-refractivity contribution in [2.45, 2.75) is 26.2 Å². The van der Waals surface area contributed by atoms with E-state index in [1.807, 2.05) is 6.92 Å². The number of morpholine rings is 1. The van der Waals surface area contributed by atoms with Crippen LogP contribution in [-0.4, -0.2) is 57.2 Å². The predicted molar refractivity (Wildman–Crippen MR) is 93.3 cm³/mol. The number of carbonyl (C=O) groups is 1. The highest BCUT2D eigenvalue weighted by Crippen LogP contribution is 2.07. The number of nitrogens with one attached hydrogen (secondary N) is 1. The van der Waals surface area contributed by atoms with Crippen LogP contribution in [0.15, 0.2) is 24.3 Å². The van der Waals surface area contributed by atoms with E-state index < -0.39 is 10.0 Å². The zero-order valence-corrected chi connectivity index (χ0v) is 15.0. The molecule has 1 aromatic rings. The van der Waals surface area contributed by atoms with Gasteiger partial charge in [-0.2, -0.15) is 4.31 Å². The van der Waals surface area contributed by atoms with E-state index in [1.54, 1.807) is 0 Å². The van der Waals surface area contributed by atoms with Crippen LogP contribution in [0.1, 0.15) is 24.0 Å². The van der Waals surface area contributed by atoms with E-state index in [2.05, 4.69) is 29.6 Å². The van der Waals surface area contributed by atoms with Crippen molar-refractivity contribution in [2.24, 2.45) is 0 Å². The molecule has 1 amide bonds. The Morgan fingerprint density at radius 3 is 2.54 bits per heavy atom. The average molecular weight is 354 g/mol. The average Bonchev–Trinajstić information content (AvgIpc) is 2.57. The molecule has 1 aliphatic heterocycles. The van der Waals surface area contributed by atoms with E-state index in [-0.39, 0.29) is 18.2 Å². The zero-order chi connectivity index (χ0) is 17.4. The first-order valence-electron chi connectivity index (χ1n) is 8.35. The number of nitrogens with zero attached hydrogens (tertiary/aromatic N) is 1. The number of rotatable bonds is 8. The summed E-state index contributed by atoms with van der Waals surface area (Å²) in [6.45, 7) is 3.86. The molecule has 1 saturated heterocycles. The Labute approximate surface area is 144 Å². The SMILES string of the molecule is Cc1ccc(CCCC(=O)NCCS(=O)(=O)N2CCOCC2)cc1. The Hall–Kier alpha value is -1.44. The third-order valence-corrected chi connectivity index (χ3v) is 5.91. The standard InChI is InChI=1S/C17H26N2O4S/c1-15-5-7-16(8-6-15)3-2-4-17(20)18-9-14-24(21,22)19-10-12-23-13-11-19/h5-8H,2-4,9-14H2,1H3,(H,18,20). The summed E-state index contributed by atoms with van der Waals surface area (Å²) < 4.78 is 30.8. The van der Waals surface area contributed by atoms with Crippen molar-refractivity contribution in [3.05, 3.63) is 35.4 Å². The van der Waals surface area contributed by atoms with Gasteiger partial charge in [0.25, 0.3) is 0 Å². The van der Waals surface area contributed by atoms with Gasteiger partial charge in [0, 0.05) is 26.1 Å². The molecule has 24 heavy (non-hydrogen) atoms. The van der Waals surface area contributed by atoms with E-state index in [9.17, 15) is 13.2 Å². The largest absolute Gasteiger partial charge is 0.379 e. The second-order valence-electron chi connectivity index (χ2n) is 6.02. The Bertz CT molecular complexity index is 622. The predicted octanol–water partition coefficient (Wildman–Crippen LogP) is 1.10. The second-order valence-corrected chi connectivity index (χ2v) is 8.11. The van der Waals surface area contributed by atoms with Crippen molar-refractivity contribution in [3.8, 4) is 0 Å². The molecule has 1 N–H and O–H groups in total. The Kier molecular flexibility index (Phi) is 7.20. The molecule has 2 rings (SSSR count). The summed E-state index contributed by atoms with van der Waals surface area (Å²) in [4.78, 5) is 11.8. The van der Waals surface area contributed by atoms with E-state index in [4.69, 9.17) is 4.74 Å². The molecule has 6 nitrogen and oxygen atoms in total. The van der Waals surface area contributed by atoms with Crippen molar-refractivity contribution >= 4 is 15.9 Å². The van der Waals surface area contributed by atoms with Crippen LogP contribution in [-0.2, 0) is 26.0 Å². The quantitative estimate of drug-likeness (QED) is 0.758. The van der Waals surface area contributed by atoms with E-state index >= 15 is 0 Å². The minimum atomic E-state index is -3.31. The van der Waals surface area contributed by atoms with Crippen LogP contribution < -0.4 is 5.32 Å². The Morgan fingerprint density at radius 1 is 1.21 bits per heavy atom. The molecule has 0 aliphatic carbocycles. The summed E-state index contributed by atoms with van der Waals surface area (Å²) in [5, 5.41) is 2.70.